The molecule has 0 saturated carbocycles. The van der Waals surface area contributed by atoms with E-state index < -0.39 is 6.10 Å². The van der Waals surface area contributed by atoms with Gasteiger partial charge in [0.2, 0.25) is 0 Å². The van der Waals surface area contributed by atoms with Gasteiger partial charge in [0.25, 0.3) is 0 Å². The van der Waals surface area contributed by atoms with Gasteiger partial charge in [-0.3, -0.25) is 9.59 Å². The Morgan fingerprint density at radius 3 is 1.14 bits per heavy atom. The first kappa shape index (κ1) is 53.8. The smallest absolute Gasteiger partial charge is 0.306 e. The quantitative estimate of drug-likeness (QED) is 0.0379. The molecular formula is C52H86O5. The number of carbonyl (C=O) groups excluding carboxylic acids is 2. The Bertz CT molecular complexity index is 1120. The highest BCUT2D eigenvalue weighted by Gasteiger charge is 2.16. The van der Waals surface area contributed by atoms with Crippen molar-refractivity contribution in [2.75, 3.05) is 13.2 Å². The number of aliphatic hydroxyl groups is 1. The lowest BCUT2D eigenvalue weighted by Gasteiger charge is -2.15. The van der Waals surface area contributed by atoms with Crippen LogP contribution in [-0.4, -0.2) is 36.4 Å². The zero-order chi connectivity index (χ0) is 41.4. The van der Waals surface area contributed by atoms with E-state index in [4.69, 9.17) is 9.47 Å². The van der Waals surface area contributed by atoms with Gasteiger partial charge in [-0.15, -0.1) is 0 Å². The molecule has 324 valence electrons. The highest BCUT2D eigenvalue weighted by molar-refractivity contribution is 5.70. The van der Waals surface area contributed by atoms with Crippen molar-refractivity contribution >= 4 is 11.9 Å². The Kier molecular flexibility index (Phi) is 44.6. The summed E-state index contributed by atoms with van der Waals surface area (Å²) in [5, 5.41) is 9.59. The highest BCUT2D eigenvalue weighted by Crippen LogP contribution is 2.14. The minimum Gasteiger partial charge on any atom is -0.462 e. The summed E-state index contributed by atoms with van der Waals surface area (Å²) < 4.78 is 10.6. The Balaban J connectivity index is 3.65. The summed E-state index contributed by atoms with van der Waals surface area (Å²) in [5.74, 6) is -0.623. The zero-order valence-electron chi connectivity index (χ0n) is 36.8. The Labute approximate surface area is 351 Å². The Hall–Kier alpha value is -3.18. The van der Waals surface area contributed by atoms with Gasteiger partial charge in [0.15, 0.2) is 6.10 Å². The number of rotatable bonds is 41. The number of hydrogen-bond donors (Lipinski definition) is 1. The van der Waals surface area contributed by atoms with Crippen molar-refractivity contribution in [3.05, 3.63) is 97.2 Å². The summed E-state index contributed by atoms with van der Waals surface area (Å²) in [5.41, 5.74) is 0. The molecule has 0 aromatic rings. The summed E-state index contributed by atoms with van der Waals surface area (Å²) in [6.07, 6.45) is 66.2. The molecule has 0 rings (SSSR count). The molecule has 0 heterocycles. The minimum atomic E-state index is -0.789. The maximum atomic E-state index is 12.2. The van der Waals surface area contributed by atoms with Gasteiger partial charge in [-0.1, -0.05) is 207 Å². The first-order valence-corrected chi connectivity index (χ1v) is 23.3. The topological polar surface area (TPSA) is 72.8 Å². The van der Waals surface area contributed by atoms with Crippen LogP contribution in [0.15, 0.2) is 97.2 Å². The molecule has 5 heteroatoms. The molecule has 0 saturated heterocycles. The van der Waals surface area contributed by atoms with Crippen molar-refractivity contribution in [2.45, 2.75) is 206 Å². The van der Waals surface area contributed by atoms with E-state index in [-0.39, 0.29) is 25.2 Å². The number of esters is 2. The molecule has 0 aliphatic rings. The van der Waals surface area contributed by atoms with Crippen LogP contribution in [0, 0.1) is 0 Å². The van der Waals surface area contributed by atoms with Crippen LogP contribution in [0.2, 0.25) is 0 Å². The molecule has 0 radical (unpaired) electrons. The molecule has 0 aliphatic carbocycles. The fourth-order valence-electron chi connectivity index (χ4n) is 6.16. The maximum absolute atomic E-state index is 12.2. The van der Waals surface area contributed by atoms with E-state index in [0.717, 1.165) is 103 Å². The molecule has 0 aromatic heterocycles. The van der Waals surface area contributed by atoms with Crippen molar-refractivity contribution < 1.29 is 24.2 Å². The van der Waals surface area contributed by atoms with Crippen LogP contribution in [-0.2, 0) is 19.1 Å². The normalized spacial score (nSPS) is 13.1. The van der Waals surface area contributed by atoms with Crippen LogP contribution in [0.25, 0.3) is 0 Å². The fraction of sp³-hybridized carbons (Fsp3) is 0.654. The largest absolute Gasteiger partial charge is 0.462 e. The molecule has 1 atom stereocenters. The van der Waals surface area contributed by atoms with E-state index in [1.165, 1.54) is 70.6 Å². The molecule has 1 N–H and O–H groups in total. The average molecular weight is 791 g/mol. The van der Waals surface area contributed by atoms with E-state index in [2.05, 4.69) is 111 Å². The molecule has 0 amide bonds. The Morgan fingerprint density at radius 2 is 0.754 bits per heavy atom. The Morgan fingerprint density at radius 1 is 0.421 bits per heavy atom. The third-order valence-electron chi connectivity index (χ3n) is 9.64. The van der Waals surface area contributed by atoms with Gasteiger partial charge < -0.3 is 14.6 Å². The minimum absolute atomic E-state index is 0.0797. The van der Waals surface area contributed by atoms with Crippen molar-refractivity contribution in [3.8, 4) is 0 Å². The third-order valence-corrected chi connectivity index (χ3v) is 9.64. The number of allylic oxidation sites excluding steroid dienone is 16. The second kappa shape index (κ2) is 47.2. The van der Waals surface area contributed by atoms with Gasteiger partial charge in [-0.2, -0.15) is 0 Å². The lowest BCUT2D eigenvalue weighted by atomic mass is 10.0. The summed E-state index contributed by atoms with van der Waals surface area (Å²) in [6, 6.07) is 0. The van der Waals surface area contributed by atoms with E-state index in [1.807, 2.05) is 0 Å². The summed E-state index contributed by atoms with van der Waals surface area (Å²) >= 11 is 0. The molecule has 57 heavy (non-hydrogen) atoms. The molecule has 0 bridgehead atoms. The van der Waals surface area contributed by atoms with Gasteiger partial charge in [0.1, 0.15) is 6.61 Å². The first-order chi connectivity index (χ1) is 28.1. The predicted molar refractivity (Wildman–Crippen MR) is 246 cm³/mol. The highest BCUT2D eigenvalue weighted by atomic mass is 16.6. The number of unbranched alkanes of at least 4 members (excludes halogenated alkanes) is 17. The van der Waals surface area contributed by atoms with Crippen molar-refractivity contribution in [1.82, 2.24) is 0 Å². The second-order valence-electron chi connectivity index (χ2n) is 15.1. The van der Waals surface area contributed by atoms with Crippen molar-refractivity contribution in [1.29, 1.82) is 0 Å². The molecule has 0 aliphatic heterocycles. The third kappa shape index (κ3) is 45.4. The van der Waals surface area contributed by atoms with E-state index in [1.54, 1.807) is 0 Å². The van der Waals surface area contributed by atoms with Crippen molar-refractivity contribution in [3.63, 3.8) is 0 Å². The van der Waals surface area contributed by atoms with E-state index >= 15 is 0 Å². The monoisotopic (exact) mass is 791 g/mol. The summed E-state index contributed by atoms with van der Waals surface area (Å²) in [4.78, 5) is 24.3. The summed E-state index contributed by atoms with van der Waals surface area (Å²) in [7, 11) is 0. The standard InChI is InChI=1S/C52H86O5/c1-3-5-7-9-11-13-15-17-19-20-21-22-23-24-25-26-27-28-29-30-31-32-33-35-37-39-41-43-45-47-52(55)57-50(48-53)49-56-51(54)46-44-42-40-38-36-34-18-16-14-12-10-8-6-4-2/h5,7,11,13,17,19,21-22,24-25,27-28,30-31,33,35,50,53H,3-4,6,8-10,12,14-16,18,20,23,26,29,32,34,36-49H2,1-2H3/b7-5-,13-11-,19-17-,22-21-,25-24-,28-27-,31-30-,35-33-. The summed E-state index contributed by atoms with van der Waals surface area (Å²) in [6.45, 7) is 4.00. The molecule has 0 fully saturated rings. The van der Waals surface area contributed by atoms with E-state index in [9.17, 15) is 14.7 Å². The van der Waals surface area contributed by atoms with Gasteiger partial charge >= 0.3 is 11.9 Å². The zero-order valence-corrected chi connectivity index (χ0v) is 36.8. The van der Waals surface area contributed by atoms with Crippen LogP contribution < -0.4 is 0 Å². The fourth-order valence-corrected chi connectivity index (χ4v) is 6.16. The molecule has 0 spiro atoms. The van der Waals surface area contributed by atoms with Crippen LogP contribution in [0.5, 0.6) is 0 Å². The lowest BCUT2D eigenvalue weighted by Crippen LogP contribution is -2.28. The van der Waals surface area contributed by atoms with E-state index in [0.29, 0.717) is 12.8 Å². The lowest BCUT2D eigenvalue weighted by molar-refractivity contribution is -0.161. The second-order valence-corrected chi connectivity index (χ2v) is 15.1. The maximum Gasteiger partial charge on any atom is 0.306 e. The van der Waals surface area contributed by atoms with Crippen LogP contribution in [0.4, 0.5) is 0 Å². The van der Waals surface area contributed by atoms with Gasteiger partial charge in [-0.05, 0) is 77.0 Å². The van der Waals surface area contributed by atoms with Gasteiger partial charge in [0, 0.05) is 12.8 Å². The van der Waals surface area contributed by atoms with Crippen LogP contribution in [0.1, 0.15) is 200 Å². The molecular weight excluding hydrogens is 705 g/mol. The van der Waals surface area contributed by atoms with Gasteiger partial charge in [-0.25, -0.2) is 0 Å². The van der Waals surface area contributed by atoms with Crippen molar-refractivity contribution in [2.24, 2.45) is 0 Å². The average Bonchev–Trinajstić information content (AvgIpc) is 3.21. The first-order valence-electron chi connectivity index (χ1n) is 23.3. The van der Waals surface area contributed by atoms with Crippen LogP contribution >= 0.6 is 0 Å². The molecule has 5 nitrogen and oxygen atoms in total. The number of carbonyl (C=O) groups is 2. The molecule has 0 aromatic carbocycles. The van der Waals surface area contributed by atoms with Crippen LogP contribution in [0.3, 0.4) is 0 Å². The number of aliphatic hydroxyl groups excluding tert-OH is 1. The SMILES string of the molecule is CC/C=C\C/C=C\C/C=C\C/C=C\C/C=C\C/C=C\C/C=C\C/C=C\CCCCCCC(=O)OC(CO)COC(=O)CCCCCCCCCCCCCCCC. The van der Waals surface area contributed by atoms with Gasteiger partial charge in [0.05, 0.1) is 6.61 Å². The molecule has 1 unspecified atom stereocenters. The number of ether oxygens (including phenoxy) is 2. The predicted octanol–water partition coefficient (Wildman–Crippen LogP) is 15.2. The number of hydrogen-bond acceptors (Lipinski definition) is 5.